The third kappa shape index (κ3) is 3.21. The maximum absolute atomic E-state index is 11.3. The van der Waals surface area contributed by atoms with E-state index < -0.39 is 9.84 Å². The Morgan fingerprint density at radius 1 is 1.40 bits per heavy atom. The minimum Gasteiger partial charge on any atom is -0.508 e. The van der Waals surface area contributed by atoms with Crippen LogP contribution in [0.25, 0.3) is 0 Å². The number of aryl methyl sites for hydroxylation is 1. The van der Waals surface area contributed by atoms with Crippen molar-refractivity contribution < 1.29 is 13.5 Å². The molecule has 15 heavy (non-hydrogen) atoms. The van der Waals surface area contributed by atoms with Gasteiger partial charge in [0.15, 0.2) is 9.84 Å². The maximum Gasteiger partial charge on any atom is 0.175 e. The van der Waals surface area contributed by atoms with E-state index in [2.05, 4.69) is 0 Å². The molecule has 5 heteroatoms. The van der Waals surface area contributed by atoms with Crippen molar-refractivity contribution in [3.8, 4) is 5.75 Å². The van der Waals surface area contributed by atoms with Gasteiger partial charge in [-0.15, -0.1) is 0 Å². The quantitative estimate of drug-likeness (QED) is 0.796. The molecule has 1 aromatic rings. The summed E-state index contributed by atoms with van der Waals surface area (Å²) < 4.78 is 22.5. The lowest BCUT2D eigenvalue weighted by atomic mass is 10.1. The van der Waals surface area contributed by atoms with E-state index >= 15 is 0 Å². The molecule has 84 valence electrons. The van der Waals surface area contributed by atoms with Crippen molar-refractivity contribution in [1.29, 1.82) is 0 Å². The summed E-state index contributed by atoms with van der Waals surface area (Å²) in [5.74, 6) is 0.121. The van der Waals surface area contributed by atoms with Crippen LogP contribution in [0.3, 0.4) is 0 Å². The maximum atomic E-state index is 11.3. The molecule has 0 aliphatic rings. The lowest BCUT2D eigenvalue weighted by Gasteiger charge is -2.05. The Hall–Kier alpha value is -1.07. The predicted octanol–water partition coefficient (Wildman–Crippen LogP) is 0.687. The standard InChI is InChI=1S/C10H15NO3S/c1-15(13,14)9-4-5-10(12)8(7-9)3-2-6-11/h4-5,7,12H,2-3,6,11H2,1H3. The van der Waals surface area contributed by atoms with Gasteiger partial charge < -0.3 is 10.8 Å². The Labute approximate surface area is 89.7 Å². The lowest BCUT2D eigenvalue weighted by Crippen LogP contribution is -2.02. The first-order chi connectivity index (χ1) is 6.95. The van der Waals surface area contributed by atoms with Gasteiger partial charge in [-0.2, -0.15) is 0 Å². The first kappa shape index (κ1) is 12.0. The minimum atomic E-state index is -3.21. The number of benzene rings is 1. The zero-order valence-electron chi connectivity index (χ0n) is 8.60. The first-order valence-corrected chi connectivity index (χ1v) is 6.56. The molecule has 1 rings (SSSR count). The van der Waals surface area contributed by atoms with Gasteiger partial charge in [0, 0.05) is 6.26 Å². The number of phenols is 1. The molecule has 0 spiro atoms. The van der Waals surface area contributed by atoms with E-state index in [1.165, 1.54) is 18.2 Å². The summed E-state index contributed by atoms with van der Waals surface area (Å²) in [5, 5.41) is 9.49. The van der Waals surface area contributed by atoms with Gasteiger partial charge in [0.25, 0.3) is 0 Å². The normalized spacial score (nSPS) is 11.6. The molecule has 0 aromatic heterocycles. The number of sulfone groups is 1. The summed E-state index contributed by atoms with van der Waals surface area (Å²) in [4.78, 5) is 0.229. The van der Waals surface area contributed by atoms with Crippen LogP contribution in [0, 0.1) is 0 Å². The van der Waals surface area contributed by atoms with Gasteiger partial charge in [0.1, 0.15) is 5.75 Å². The van der Waals surface area contributed by atoms with Gasteiger partial charge in [0.05, 0.1) is 4.90 Å². The summed E-state index contributed by atoms with van der Waals surface area (Å²) in [6, 6.07) is 4.30. The van der Waals surface area contributed by atoms with Gasteiger partial charge in [-0.05, 0) is 43.1 Å². The van der Waals surface area contributed by atoms with Gasteiger partial charge in [-0.1, -0.05) is 0 Å². The fraction of sp³-hybridized carbons (Fsp3) is 0.400. The van der Waals surface area contributed by atoms with Crippen molar-refractivity contribution in [2.45, 2.75) is 17.7 Å². The van der Waals surface area contributed by atoms with E-state index in [-0.39, 0.29) is 10.6 Å². The Balaban J connectivity index is 3.06. The number of hydrogen-bond donors (Lipinski definition) is 2. The zero-order valence-corrected chi connectivity index (χ0v) is 9.42. The third-order valence-corrected chi connectivity index (χ3v) is 3.24. The third-order valence-electron chi connectivity index (χ3n) is 2.13. The number of aromatic hydroxyl groups is 1. The van der Waals surface area contributed by atoms with Gasteiger partial charge >= 0.3 is 0 Å². The molecule has 0 aliphatic heterocycles. The second-order valence-electron chi connectivity index (χ2n) is 3.45. The van der Waals surface area contributed by atoms with Crippen LogP contribution in [0.15, 0.2) is 23.1 Å². The highest BCUT2D eigenvalue weighted by atomic mass is 32.2. The Morgan fingerprint density at radius 3 is 2.60 bits per heavy atom. The molecule has 0 unspecified atom stereocenters. The van der Waals surface area contributed by atoms with Crippen molar-refractivity contribution in [2.24, 2.45) is 5.73 Å². The van der Waals surface area contributed by atoms with Gasteiger partial charge in [0.2, 0.25) is 0 Å². The topological polar surface area (TPSA) is 80.4 Å². The van der Waals surface area contributed by atoms with Crippen LogP contribution in [-0.2, 0) is 16.3 Å². The van der Waals surface area contributed by atoms with Crippen LogP contribution in [0.4, 0.5) is 0 Å². The molecular weight excluding hydrogens is 214 g/mol. The van der Waals surface area contributed by atoms with E-state index in [0.717, 1.165) is 12.7 Å². The Morgan fingerprint density at radius 2 is 2.07 bits per heavy atom. The number of hydrogen-bond acceptors (Lipinski definition) is 4. The van der Waals surface area contributed by atoms with Crippen molar-refractivity contribution in [1.82, 2.24) is 0 Å². The zero-order chi connectivity index (χ0) is 11.5. The Kier molecular flexibility index (Phi) is 3.71. The molecule has 0 amide bonds. The molecule has 4 nitrogen and oxygen atoms in total. The summed E-state index contributed by atoms with van der Waals surface area (Å²) in [6.45, 7) is 0.516. The van der Waals surface area contributed by atoms with Crippen LogP contribution >= 0.6 is 0 Å². The average Bonchev–Trinajstić information content (AvgIpc) is 2.15. The molecule has 1 aromatic carbocycles. The van der Waals surface area contributed by atoms with Crippen molar-refractivity contribution >= 4 is 9.84 Å². The fourth-order valence-electron chi connectivity index (χ4n) is 1.29. The highest BCUT2D eigenvalue weighted by molar-refractivity contribution is 7.90. The van der Waals surface area contributed by atoms with Crippen LogP contribution in [0.1, 0.15) is 12.0 Å². The summed E-state index contributed by atoms with van der Waals surface area (Å²) >= 11 is 0. The monoisotopic (exact) mass is 229 g/mol. The van der Waals surface area contributed by atoms with Crippen molar-refractivity contribution in [2.75, 3.05) is 12.8 Å². The molecule has 0 atom stereocenters. The first-order valence-electron chi connectivity index (χ1n) is 4.67. The number of phenolic OH excluding ortho intramolecular Hbond substituents is 1. The van der Waals surface area contributed by atoms with Gasteiger partial charge in [-0.3, -0.25) is 0 Å². The van der Waals surface area contributed by atoms with E-state index in [1.54, 1.807) is 0 Å². The lowest BCUT2D eigenvalue weighted by molar-refractivity contribution is 0.466. The molecule has 0 saturated heterocycles. The number of nitrogens with two attached hydrogens (primary N) is 1. The van der Waals surface area contributed by atoms with Crippen molar-refractivity contribution in [3.05, 3.63) is 23.8 Å². The Bertz CT molecular complexity index is 440. The molecule has 0 heterocycles. The summed E-state index contributed by atoms with van der Waals surface area (Å²) in [6.07, 6.45) is 2.46. The summed E-state index contributed by atoms with van der Waals surface area (Å²) in [5.41, 5.74) is 5.98. The predicted molar refractivity (Wildman–Crippen MR) is 58.6 cm³/mol. The fourth-order valence-corrected chi connectivity index (χ4v) is 1.96. The smallest absolute Gasteiger partial charge is 0.175 e. The summed E-state index contributed by atoms with van der Waals surface area (Å²) in [7, 11) is -3.21. The van der Waals surface area contributed by atoms with E-state index in [4.69, 9.17) is 5.73 Å². The minimum absolute atomic E-state index is 0.121. The second kappa shape index (κ2) is 4.63. The molecule has 0 aliphatic carbocycles. The highest BCUT2D eigenvalue weighted by Crippen LogP contribution is 2.22. The number of rotatable bonds is 4. The molecule has 0 bridgehead atoms. The van der Waals surface area contributed by atoms with E-state index in [1.807, 2.05) is 0 Å². The molecule has 0 fully saturated rings. The average molecular weight is 229 g/mol. The highest BCUT2D eigenvalue weighted by Gasteiger charge is 2.10. The van der Waals surface area contributed by atoms with Gasteiger partial charge in [-0.25, -0.2) is 8.42 Å². The van der Waals surface area contributed by atoms with E-state index in [9.17, 15) is 13.5 Å². The van der Waals surface area contributed by atoms with Crippen LogP contribution in [-0.4, -0.2) is 26.3 Å². The van der Waals surface area contributed by atoms with Crippen molar-refractivity contribution in [3.63, 3.8) is 0 Å². The van der Waals surface area contributed by atoms with Crippen LogP contribution in [0.2, 0.25) is 0 Å². The molecule has 3 N–H and O–H groups in total. The molecule has 0 radical (unpaired) electrons. The second-order valence-corrected chi connectivity index (χ2v) is 5.47. The SMILES string of the molecule is CS(=O)(=O)c1ccc(O)c(CCCN)c1. The van der Waals surface area contributed by atoms with E-state index in [0.29, 0.717) is 18.5 Å². The van der Waals surface area contributed by atoms with Crippen LogP contribution < -0.4 is 5.73 Å². The molecule has 0 saturated carbocycles. The molecular formula is C10H15NO3S. The van der Waals surface area contributed by atoms with Crippen LogP contribution in [0.5, 0.6) is 5.75 Å². The largest absolute Gasteiger partial charge is 0.508 e.